The summed E-state index contributed by atoms with van der Waals surface area (Å²) in [5, 5.41) is 7.29. The zero-order valence-electron chi connectivity index (χ0n) is 14.8. The number of carbonyl (C=O) groups excluding carboxylic acids is 1. The van der Waals surface area contributed by atoms with Crippen molar-refractivity contribution in [1.82, 2.24) is 15.1 Å². The van der Waals surface area contributed by atoms with Crippen LogP contribution in [0, 0.1) is 19.8 Å². The van der Waals surface area contributed by atoms with Gasteiger partial charge in [-0.05, 0) is 56.4 Å². The normalized spacial score (nSPS) is 19.4. The molecule has 7 heteroatoms. The Hall–Kier alpha value is -2.31. The number of nitrogens with one attached hydrogen (secondary N) is 1. The molecule has 1 aliphatic rings. The monoisotopic (exact) mass is 365 g/mol. The summed E-state index contributed by atoms with van der Waals surface area (Å²) in [5.74, 6) is -0.142. The first-order valence-corrected chi connectivity index (χ1v) is 8.71. The van der Waals surface area contributed by atoms with E-state index in [-0.39, 0.29) is 17.7 Å². The Kier molecular flexibility index (Phi) is 5.07. The third kappa shape index (κ3) is 4.26. The summed E-state index contributed by atoms with van der Waals surface area (Å²) in [5.41, 5.74) is 2.20. The van der Waals surface area contributed by atoms with Gasteiger partial charge in [-0.25, -0.2) is 0 Å². The number of benzene rings is 1. The highest BCUT2D eigenvalue weighted by Gasteiger charge is 2.44. The van der Waals surface area contributed by atoms with Crippen LogP contribution in [-0.4, -0.2) is 22.2 Å². The van der Waals surface area contributed by atoms with Crippen LogP contribution in [0.25, 0.3) is 0 Å². The maximum Gasteiger partial charge on any atom is 0.416 e. The van der Waals surface area contributed by atoms with Crippen molar-refractivity contribution in [3.8, 4) is 0 Å². The van der Waals surface area contributed by atoms with E-state index in [1.165, 1.54) is 12.1 Å². The molecule has 0 bridgehead atoms. The summed E-state index contributed by atoms with van der Waals surface area (Å²) in [6, 6.07) is 7.12. The summed E-state index contributed by atoms with van der Waals surface area (Å²) in [6.07, 6.45) is -2.86. The van der Waals surface area contributed by atoms with E-state index in [1.54, 1.807) is 0 Å². The number of hydrogen-bond acceptors (Lipinski definition) is 2. The minimum atomic E-state index is -4.33. The third-order valence-electron chi connectivity index (χ3n) is 4.74. The number of nitrogens with zero attached hydrogens (tertiary/aromatic N) is 2. The molecule has 2 atom stereocenters. The summed E-state index contributed by atoms with van der Waals surface area (Å²) in [6.45, 7) is 5.25. The number of amides is 1. The smallest absolute Gasteiger partial charge is 0.356 e. The van der Waals surface area contributed by atoms with Crippen LogP contribution < -0.4 is 5.32 Å². The maximum atomic E-state index is 12.6. The lowest BCUT2D eigenvalue weighted by Crippen LogP contribution is -2.27. The Morgan fingerprint density at radius 3 is 2.54 bits per heavy atom. The molecule has 0 spiro atoms. The van der Waals surface area contributed by atoms with Crippen molar-refractivity contribution >= 4 is 5.91 Å². The van der Waals surface area contributed by atoms with E-state index in [0.29, 0.717) is 13.0 Å². The first-order valence-electron chi connectivity index (χ1n) is 8.71. The van der Waals surface area contributed by atoms with Gasteiger partial charge in [-0.1, -0.05) is 12.1 Å². The first-order chi connectivity index (χ1) is 12.3. The Morgan fingerprint density at radius 2 is 1.96 bits per heavy atom. The van der Waals surface area contributed by atoms with Crippen molar-refractivity contribution in [3.05, 3.63) is 52.8 Å². The van der Waals surface area contributed by atoms with Gasteiger partial charge in [-0.3, -0.25) is 9.48 Å². The summed E-state index contributed by atoms with van der Waals surface area (Å²) in [4.78, 5) is 12.2. The lowest BCUT2D eigenvalue weighted by Gasteiger charge is -2.08. The van der Waals surface area contributed by atoms with Crippen LogP contribution in [0.1, 0.15) is 41.3 Å². The SMILES string of the molecule is Cc1cc(C)n(CCCNC(=O)C2CC2c2ccc(C(F)(F)F)cc2)n1. The highest BCUT2D eigenvalue weighted by atomic mass is 19.4. The number of rotatable bonds is 6. The topological polar surface area (TPSA) is 46.9 Å². The summed E-state index contributed by atoms with van der Waals surface area (Å²) in [7, 11) is 0. The molecule has 2 aromatic rings. The number of hydrogen-bond donors (Lipinski definition) is 1. The highest BCUT2D eigenvalue weighted by Crippen LogP contribution is 2.47. The van der Waals surface area contributed by atoms with Crippen LogP contribution in [0.5, 0.6) is 0 Å². The fourth-order valence-electron chi connectivity index (χ4n) is 3.25. The standard InChI is InChI=1S/C19H22F3N3O/c1-12-10-13(2)25(24-12)9-3-8-23-18(26)17-11-16(17)14-4-6-15(7-5-14)19(20,21)22/h4-7,10,16-17H,3,8-9,11H2,1-2H3,(H,23,26). The Morgan fingerprint density at radius 1 is 1.27 bits per heavy atom. The highest BCUT2D eigenvalue weighted by molar-refractivity contribution is 5.82. The molecular weight excluding hydrogens is 343 g/mol. The Balaban J connectivity index is 1.43. The van der Waals surface area contributed by atoms with Crippen LogP contribution >= 0.6 is 0 Å². The van der Waals surface area contributed by atoms with Crippen LogP contribution in [-0.2, 0) is 17.5 Å². The van der Waals surface area contributed by atoms with Gasteiger partial charge in [0.2, 0.25) is 5.91 Å². The zero-order valence-corrected chi connectivity index (χ0v) is 14.8. The number of alkyl halides is 3. The molecule has 2 unspecified atom stereocenters. The molecule has 3 rings (SSSR count). The molecule has 1 aromatic heterocycles. The van der Waals surface area contributed by atoms with E-state index in [9.17, 15) is 18.0 Å². The number of aromatic nitrogens is 2. The van der Waals surface area contributed by atoms with Gasteiger partial charge in [0.05, 0.1) is 11.3 Å². The molecule has 0 saturated heterocycles. The van der Waals surface area contributed by atoms with E-state index in [1.807, 2.05) is 24.6 Å². The lowest BCUT2D eigenvalue weighted by atomic mass is 10.1. The molecule has 1 heterocycles. The minimum absolute atomic E-state index is 0.0216. The van der Waals surface area contributed by atoms with Crippen molar-refractivity contribution in [2.45, 2.75) is 45.3 Å². The zero-order chi connectivity index (χ0) is 18.9. The first kappa shape index (κ1) is 18.5. The molecule has 26 heavy (non-hydrogen) atoms. The van der Waals surface area contributed by atoms with E-state index in [4.69, 9.17) is 0 Å². The number of halogens is 3. The Labute approximate surface area is 150 Å². The van der Waals surface area contributed by atoms with Gasteiger partial charge in [0.25, 0.3) is 0 Å². The van der Waals surface area contributed by atoms with Gasteiger partial charge in [-0.2, -0.15) is 18.3 Å². The van der Waals surface area contributed by atoms with Gasteiger partial charge >= 0.3 is 6.18 Å². The van der Waals surface area contributed by atoms with Crippen LogP contribution in [0.15, 0.2) is 30.3 Å². The predicted molar refractivity (Wildman–Crippen MR) is 91.6 cm³/mol. The molecule has 1 aliphatic carbocycles. The van der Waals surface area contributed by atoms with Crippen molar-refractivity contribution in [2.24, 2.45) is 5.92 Å². The van der Waals surface area contributed by atoms with Gasteiger partial charge in [0, 0.05) is 24.7 Å². The lowest BCUT2D eigenvalue weighted by molar-refractivity contribution is -0.137. The Bertz CT molecular complexity index is 780. The molecule has 1 amide bonds. The maximum absolute atomic E-state index is 12.6. The fraction of sp³-hybridized carbons (Fsp3) is 0.474. The van der Waals surface area contributed by atoms with Gasteiger partial charge < -0.3 is 5.32 Å². The van der Waals surface area contributed by atoms with Crippen LogP contribution in [0.3, 0.4) is 0 Å². The van der Waals surface area contributed by atoms with Crippen LogP contribution in [0.2, 0.25) is 0 Å². The van der Waals surface area contributed by atoms with Crippen molar-refractivity contribution < 1.29 is 18.0 Å². The molecule has 0 aliphatic heterocycles. The van der Waals surface area contributed by atoms with Gasteiger partial charge in [0.15, 0.2) is 0 Å². The molecule has 1 N–H and O–H groups in total. The molecule has 1 fully saturated rings. The second-order valence-corrected chi connectivity index (χ2v) is 6.86. The molecule has 140 valence electrons. The quantitative estimate of drug-likeness (QED) is 0.791. The second-order valence-electron chi connectivity index (χ2n) is 6.86. The van der Waals surface area contributed by atoms with Gasteiger partial charge in [-0.15, -0.1) is 0 Å². The van der Waals surface area contributed by atoms with E-state index >= 15 is 0 Å². The van der Waals surface area contributed by atoms with Crippen molar-refractivity contribution in [3.63, 3.8) is 0 Å². The summed E-state index contributed by atoms with van der Waals surface area (Å²) < 4.78 is 39.7. The number of carbonyl (C=O) groups is 1. The molecular formula is C19H22F3N3O. The fourth-order valence-corrected chi connectivity index (χ4v) is 3.25. The van der Waals surface area contributed by atoms with Gasteiger partial charge in [0.1, 0.15) is 0 Å². The van der Waals surface area contributed by atoms with E-state index in [0.717, 1.165) is 42.0 Å². The molecule has 4 nitrogen and oxygen atoms in total. The van der Waals surface area contributed by atoms with Crippen molar-refractivity contribution in [1.29, 1.82) is 0 Å². The summed E-state index contributed by atoms with van der Waals surface area (Å²) >= 11 is 0. The average molecular weight is 365 g/mol. The predicted octanol–water partition coefficient (Wildman–Crippen LogP) is 3.83. The third-order valence-corrected chi connectivity index (χ3v) is 4.74. The molecule has 0 radical (unpaired) electrons. The van der Waals surface area contributed by atoms with E-state index < -0.39 is 11.7 Å². The minimum Gasteiger partial charge on any atom is -0.356 e. The second kappa shape index (κ2) is 7.13. The molecule has 1 saturated carbocycles. The molecule has 1 aromatic carbocycles. The van der Waals surface area contributed by atoms with E-state index in [2.05, 4.69) is 10.4 Å². The number of aryl methyl sites for hydroxylation is 3. The largest absolute Gasteiger partial charge is 0.416 e. The van der Waals surface area contributed by atoms with Crippen molar-refractivity contribution in [2.75, 3.05) is 6.54 Å². The average Bonchev–Trinajstić information content (AvgIpc) is 3.31. The van der Waals surface area contributed by atoms with Crippen LogP contribution in [0.4, 0.5) is 13.2 Å².